The highest BCUT2D eigenvalue weighted by Crippen LogP contribution is 2.39. The Labute approximate surface area is 187 Å². The standard InChI is InChI=1S/C22H22N5O4S/c1-22(2)12-27-20(31-22)17(11-24-27)32(29)26-21(28)25-19-15-6-4-13(15)5-7-16(19)14-8-9-23-18(10-14)30-3/h5,7-11H,4,6,12H2,1-3H3,(H,25,28)/q-1. The minimum absolute atomic E-state index is 0.283. The average molecular weight is 453 g/mol. The monoisotopic (exact) mass is 452 g/mol. The highest BCUT2D eigenvalue weighted by Gasteiger charge is 2.31. The number of aryl methyl sites for hydroxylation is 1. The average Bonchev–Trinajstić information content (AvgIpc) is 3.24. The van der Waals surface area contributed by atoms with Gasteiger partial charge in [0.2, 0.25) is 5.88 Å². The fraction of sp³-hybridized carbons (Fsp3) is 0.318. The molecule has 0 fully saturated rings. The van der Waals surface area contributed by atoms with Crippen molar-refractivity contribution in [1.82, 2.24) is 14.8 Å². The van der Waals surface area contributed by atoms with Crippen LogP contribution in [0.1, 0.15) is 25.0 Å². The number of fused-ring (bicyclic) bond motifs is 2. The summed E-state index contributed by atoms with van der Waals surface area (Å²) in [5, 5.41) is 7.05. The lowest BCUT2D eigenvalue weighted by Crippen LogP contribution is -2.26. The van der Waals surface area contributed by atoms with Crippen LogP contribution in [0, 0.1) is 0 Å². The minimum atomic E-state index is -1.95. The number of rotatable bonds is 4. The van der Waals surface area contributed by atoms with E-state index in [1.165, 1.54) is 11.8 Å². The maximum absolute atomic E-state index is 12.8. The first-order valence-corrected chi connectivity index (χ1v) is 11.3. The summed E-state index contributed by atoms with van der Waals surface area (Å²) in [7, 11) is -0.392. The SMILES string of the molecule is COc1cc(-c2ccc3c(c2NC(=O)N=[S-](=O)c2cnn4c2OC(C)(C)C4)CC3)ccn1. The van der Waals surface area contributed by atoms with Crippen LogP contribution in [0.5, 0.6) is 11.8 Å². The molecule has 1 aliphatic heterocycles. The summed E-state index contributed by atoms with van der Waals surface area (Å²) in [6.45, 7) is 4.38. The first-order chi connectivity index (χ1) is 15.3. The highest BCUT2D eigenvalue weighted by atomic mass is 32.2. The summed E-state index contributed by atoms with van der Waals surface area (Å²) in [6.07, 6.45) is 4.89. The predicted molar refractivity (Wildman–Crippen MR) is 118 cm³/mol. The molecule has 0 bridgehead atoms. The van der Waals surface area contributed by atoms with Gasteiger partial charge in [-0.1, -0.05) is 12.1 Å². The van der Waals surface area contributed by atoms with Gasteiger partial charge in [0.1, 0.15) is 5.60 Å². The third-order valence-electron chi connectivity index (χ3n) is 5.56. The van der Waals surface area contributed by atoms with Gasteiger partial charge >= 0.3 is 6.03 Å². The van der Waals surface area contributed by atoms with Gasteiger partial charge < -0.3 is 23.4 Å². The van der Waals surface area contributed by atoms with E-state index in [1.54, 1.807) is 24.1 Å². The van der Waals surface area contributed by atoms with E-state index >= 15 is 0 Å². The predicted octanol–water partition coefficient (Wildman–Crippen LogP) is 3.96. The number of nitrogens with zero attached hydrogens (tertiary/aromatic N) is 4. The number of pyridine rings is 1. The van der Waals surface area contributed by atoms with Crippen LogP contribution in [-0.2, 0) is 34.2 Å². The van der Waals surface area contributed by atoms with Gasteiger partial charge in [-0.2, -0.15) is 5.10 Å². The van der Waals surface area contributed by atoms with Crippen LogP contribution in [0.2, 0.25) is 0 Å². The quantitative estimate of drug-likeness (QED) is 0.601. The van der Waals surface area contributed by atoms with E-state index in [1.807, 2.05) is 26.0 Å². The van der Waals surface area contributed by atoms with Crippen molar-refractivity contribution in [3.8, 4) is 22.9 Å². The van der Waals surface area contributed by atoms with Crippen LogP contribution < -0.4 is 14.8 Å². The van der Waals surface area contributed by atoms with Crippen molar-refractivity contribution in [3.05, 3.63) is 47.8 Å². The lowest BCUT2D eigenvalue weighted by molar-refractivity contribution is 0.132. The van der Waals surface area contributed by atoms with Crippen LogP contribution in [-0.4, -0.2) is 33.5 Å². The Morgan fingerprint density at radius 1 is 1.31 bits per heavy atom. The number of carbonyl (C=O) groups is 1. The number of carbonyl (C=O) groups excluding carboxylic acids is 1. The lowest BCUT2D eigenvalue weighted by Gasteiger charge is -2.25. The van der Waals surface area contributed by atoms with Gasteiger partial charge in [-0.05, 0) is 54.3 Å². The normalized spacial score (nSPS) is 16.5. The third kappa shape index (κ3) is 3.60. The van der Waals surface area contributed by atoms with Crippen molar-refractivity contribution in [3.63, 3.8) is 0 Å². The number of methoxy groups -OCH3 is 1. The molecule has 5 rings (SSSR count). The second-order valence-corrected chi connectivity index (χ2v) is 9.44. The first-order valence-electron chi connectivity index (χ1n) is 10.2. The number of hydrogen-bond donors (Lipinski definition) is 1. The van der Waals surface area contributed by atoms with E-state index in [0.717, 1.165) is 29.5 Å². The second kappa shape index (κ2) is 7.63. The molecule has 0 unspecified atom stereocenters. The number of aromatic nitrogens is 3. The molecule has 1 N–H and O–H groups in total. The molecule has 2 amide bonds. The molecule has 3 heterocycles. The summed E-state index contributed by atoms with van der Waals surface area (Å²) in [5.41, 5.74) is 4.14. The van der Waals surface area contributed by atoms with Gasteiger partial charge in [0.15, 0.2) is 5.88 Å². The zero-order valence-corrected chi connectivity index (χ0v) is 18.7. The van der Waals surface area contributed by atoms with Crippen LogP contribution in [0.4, 0.5) is 10.5 Å². The Bertz CT molecular complexity index is 1320. The van der Waals surface area contributed by atoms with Crippen molar-refractivity contribution in [1.29, 1.82) is 0 Å². The van der Waals surface area contributed by atoms with Gasteiger partial charge in [-0.3, -0.25) is 0 Å². The number of anilines is 1. The van der Waals surface area contributed by atoms with Gasteiger partial charge in [-0.25, -0.2) is 14.5 Å². The third-order valence-corrected chi connectivity index (χ3v) is 6.55. The number of nitrogens with one attached hydrogen (secondary N) is 1. The zero-order chi connectivity index (χ0) is 22.5. The molecule has 0 spiro atoms. The molecule has 2 aromatic heterocycles. The molecule has 0 radical (unpaired) electrons. The molecule has 0 atom stereocenters. The molecule has 2 aliphatic rings. The lowest BCUT2D eigenvalue weighted by atomic mass is 9.84. The second-order valence-electron chi connectivity index (χ2n) is 8.32. The number of urea groups is 1. The number of amides is 2. The van der Waals surface area contributed by atoms with Gasteiger partial charge in [0.05, 0.1) is 19.3 Å². The Balaban J connectivity index is 1.46. The van der Waals surface area contributed by atoms with Crippen molar-refractivity contribution >= 4 is 22.3 Å². The Hall–Kier alpha value is -3.40. The fourth-order valence-corrected chi connectivity index (χ4v) is 4.70. The van der Waals surface area contributed by atoms with Crippen molar-refractivity contribution in [2.45, 2.75) is 43.7 Å². The summed E-state index contributed by atoms with van der Waals surface area (Å²) in [4.78, 5) is 17.2. The van der Waals surface area contributed by atoms with E-state index in [9.17, 15) is 9.00 Å². The molecule has 9 nitrogen and oxygen atoms in total. The van der Waals surface area contributed by atoms with E-state index in [4.69, 9.17) is 9.47 Å². The number of ether oxygens (including phenoxy) is 2. The number of benzene rings is 1. The first kappa shape index (κ1) is 20.5. The fourth-order valence-electron chi connectivity index (χ4n) is 3.97. The molecule has 166 valence electrons. The zero-order valence-electron chi connectivity index (χ0n) is 17.9. The largest absolute Gasteiger partial charge is 0.481 e. The van der Waals surface area contributed by atoms with Gasteiger partial charge in [0, 0.05) is 24.0 Å². The van der Waals surface area contributed by atoms with E-state index in [2.05, 4.69) is 25.8 Å². The highest BCUT2D eigenvalue weighted by molar-refractivity contribution is 7.75. The molecule has 1 aliphatic carbocycles. The molecular formula is C22H22N5O4S-. The smallest absolute Gasteiger partial charge is 0.322 e. The van der Waals surface area contributed by atoms with Crippen molar-refractivity contribution in [2.75, 3.05) is 12.4 Å². The van der Waals surface area contributed by atoms with Crippen molar-refractivity contribution in [2.24, 2.45) is 4.36 Å². The summed E-state index contributed by atoms with van der Waals surface area (Å²) >= 11 is 0. The summed E-state index contributed by atoms with van der Waals surface area (Å²) in [6, 6.07) is 6.98. The maximum atomic E-state index is 12.8. The Morgan fingerprint density at radius 3 is 2.91 bits per heavy atom. The van der Waals surface area contributed by atoms with E-state index in [-0.39, 0.29) is 4.90 Å². The van der Waals surface area contributed by atoms with Gasteiger partial charge in [-0.15, -0.1) is 10.6 Å². The molecular weight excluding hydrogens is 430 g/mol. The number of hydrogen-bond acceptors (Lipinski definition) is 7. The van der Waals surface area contributed by atoms with E-state index < -0.39 is 22.2 Å². The van der Waals surface area contributed by atoms with Crippen LogP contribution in [0.25, 0.3) is 11.1 Å². The van der Waals surface area contributed by atoms with Crippen LogP contribution in [0.15, 0.2) is 45.9 Å². The molecule has 0 saturated heterocycles. The van der Waals surface area contributed by atoms with Crippen LogP contribution >= 0.6 is 0 Å². The van der Waals surface area contributed by atoms with Crippen LogP contribution in [0.3, 0.4) is 0 Å². The molecule has 10 heteroatoms. The molecule has 3 aromatic rings. The van der Waals surface area contributed by atoms with E-state index in [0.29, 0.717) is 24.0 Å². The van der Waals surface area contributed by atoms with Gasteiger partial charge in [0.25, 0.3) is 0 Å². The molecule has 0 saturated carbocycles. The summed E-state index contributed by atoms with van der Waals surface area (Å²) in [5.74, 6) is 0.865. The van der Waals surface area contributed by atoms with Crippen molar-refractivity contribution < 1.29 is 18.5 Å². The molecule has 1 aromatic carbocycles. The minimum Gasteiger partial charge on any atom is -0.481 e. The topological polar surface area (TPSA) is 108 Å². The Kier molecular flexibility index (Phi) is 4.89. The summed E-state index contributed by atoms with van der Waals surface area (Å²) < 4.78 is 29.4. The Morgan fingerprint density at radius 2 is 2.16 bits per heavy atom. The maximum Gasteiger partial charge on any atom is 0.322 e. The molecule has 32 heavy (non-hydrogen) atoms.